The van der Waals surface area contributed by atoms with Crippen LogP contribution in [-0.2, 0) is 18.4 Å². The van der Waals surface area contributed by atoms with Crippen molar-refractivity contribution in [3.8, 4) is 0 Å². The zero-order valence-corrected chi connectivity index (χ0v) is 12.4. The number of carbonyl (C=O) groups excluding carboxylic acids is 1. The van der Waals surface area contributed by atoms with Gasteiger partial charge in [0.15, 0.2) is 0 Å². The standard InChI is InChI=1S/C16H18N4O/c1-11-8-15(19(3)18-11)17-16(21)10-20-12(2)9-13-6-4-5-7-14(13)20/h4-9H,10H2,1-3H3,(H,17,21). The van der Waals surface area contributed by atoms with E-state index in [2.05, 4.69) is 22.5 Å². The fourth-order valence-corrected chi connectivity index (χ4v) is 2.61. The SMILES string of the molecule is Cc1cc(NC(=O)Cn2c(C)cc3ccccc32)n(C)n1. The maximum atomic E-state index is 12.3. The monoisotopic (exact) mass is 282 g/mol. The van der Waals surface area contributed by atoms with E-state index in [0.29, 0.717) is 12.4 Å². The van der Waals surface area contributed by atoms with Crippen molar-refractivity contribution in [3.63, 3.8) is 0 Å². The molecule has 0 aliphatic rings. The van der Waals surface area contributed by atoms with E-state index in [9.17, 15) is 4.79 Å². The summed E-state index contributed by atoms with van der Waals surface area (Å²) in [6, 6.07) is 12.0. The van der Waals surface area contributed by atoms with Crippen molar-refractivity contribution in [1.82, 2.24) is 14.3 Å². The van der Waals surface area contributed by atoms with Crippen LogP contribution >= 0.6 is 0 Å². The van der Waals surface area contributed by atoms with Gasteiger partial charge in [0.1, 0.15) is 12.4 Å². The molecule has 108 valence electrons. The molecule has 0 atom stereocenters. The van der Waals surface area contributed by atoms with Gasteiger partial charge in [-0.1, -0.05) is 18.2 Å². The minimum absolute atomic E-state index is 0.0533. The Hall–Kier alpha value is -2.56. The number of hydrogen-bond donors (Lipinski definition) is 1. The molecule has 5 nitrogen and oxygen atoms in total. The van der Waals surface area contributed by atoms with Crippen LogP contribution in [0.5, 0.6) is 0 Å². The maximum Gasteiger partial charge on any atom is 0.245 e. The van der Waals surface area contributed by atoms with E-state index in [1.165, 1.54) is 0 Å². The molecule has 0 spiro atoms. The normalized spacial score (nSPS) is 11.0. The highest BCUT2D eigenvalue weighted by atomic mass is 16.2. The first-order valence-corrected chi connectivity index (χ1v) is 6.90. The van der Waals surface area contributed by atoms with Gasteiger partial charge >= 0.3 is 0 Å². The van der Waals surface area contributed by atoms with Crippen LogP contribution in [0.3, 0.4) is 0 Å². The minimum atomic E-state index is -0.0533. The molecule has 5 heteroatoms. The van der Waals surface area contributed by atoms with Crippen molar-refractivity contribution in [1.29, 1.82) is 0 Å². The number of nitrogens with zero attached hydrogens (tertiary/aromatic N) is 3. The van der Waals surface area contributed by atoms with Gasteiger partial charge < -0.3 is 9.88 Å². The van der Waals surface area contributed by atoms with Gasteiger partial charge in [-0.2, -0.15) is 5.10 Å². The van der Waals surface area contributed by atoms with Gasteiger partial charge in [0, 0.05) is 24.3 Å². The number of anilines is 1. The number of rotatable bonds is 3. The highest BCUT2D eigenvalue weighted by Gasteiger charge is 2.11. The molecule has 0 saturated heterocycles. The van der Waals surface area contributed by atoms with Crippen LogP contribution in [0.4, 0.5) is 5.82 Å². The Morgan fingerprint density at radius 1 is 1.24 bits per heavy atom. The summed E-state index contributed by atoms with van der Waals surface area (Å²) in [4.78, 5) is 12.3. The van der Waals surface area contributed by atoms with Gasteiger partial charge in [0.25, 0.3) is 0 Å². The van der Waals surface area contributed by atoms with Crippen LogP contribution in [0.1, 0.15) is 11.4 Å². The first-order chi connectivity index (χ1) is 10.0. The van der Waals surface area contributed by atoms with Crippen molar-refractivity contribution in [2.45, 2.75) is 20.4 Å². The van der Waals surface area contributed by atoms with E-state index >= 15 is 0 Å². The van der Waals surface area contributed by atoms with Crippen molar-refractivity contribution >= 4 is 22.6 Å². The molecule has 0 radical (unpaired) electrons. The van der Waals surface area contributed by atoms with E-state index in [4.69, 9.17) is 0 Å². The zero-order valence-electron chi connectivity index (χ0n) is 12.4. The lowest BCUT2D eigenvalue weighted by Crippen LogP contribution is -2.20. The minimum Gasteiger partial charge on any atom is -0.335 e. The third kappa shape index (κ3) is 2.54. The Labute approximate surface area is 123 Å². The number of amides is 1. The summed E-state index contributed by atoms with van der Waals surface area (Å²) in [7, 11) is 1.82. The van der Waals surface area contributed by atoms with Crippen LogP contribution in [0.25, 0.3) is 10.9 Å². The summed E-state index contributed by atoms with van der Waals surface area (Å²) in [6.45, 7) is 4.21. The fourth-order valence-electron chi connectivity index (χ4n) is 2.61. The smallest absolute Gasteiger partial charge is 0.245 e. The number of carbonyl (C=O) groups is 1. The Morgan fingerprint density at radius 2 is 2.00 bits per heavy atom. The quantitative estimate of drug-likeness (QED) is 0.803. The zero-order chi connectivity index (χ0) is 15.0. The molecule has 3 rings (SSSR count). The van der Waals surface area contributed by atoms with E-state index in [0.717, 1.165) is 22.3 Å². The molecule has 1 N–H and O–H groups in total. The predicted molar refractivity (Wildman–Crippen MR) is 83.2 cm³/mol. The molecule has 3 aromatic rings. The third-order valence-corrected chi connectivity index (χ3v) is 3.59. The molecule has 0 saturated carbocycles. The number of fused-ring (bicyclic) bond motifs is 1. The average Bonchev–Trinajstić information content (AvgIpc) is 2.90. The molecule has 0 bridgehead atoms. The Morgan fingerprint density at radius 3 is 2.71 bits per heavy atom. The van der Waals surface area contributed by atoms with Crippen molar-refractivity contribution in [3.05, 3.63) is 47.8 Å². The second kappa shape index (κ2) is 5.09. The summed E-state index contributed by atoms with van der Waals surface area (Å²) in [5.41, 5.74) is 3.04. The molecule has 0 unspecified atom stereocenters. The van der Waals surface area contributed by atoms with E-state index in [1.54, 1.807) is 4.68 Å². The van der Waals surface area contributed by atoms with Crippen molar-refractivity contribution in [2.24, 2.45) is 7.05 Å². The van der Waals surface area contributed by atoms with Crippen LogP contribution in [0.15, 0.2) is 36.4 Å². The molecule has 2 heterocycles. The van der Waals surface area contributed by atoms with E-state index < -0.39 is 0 Å². The van der Waals surface area contributed by atoms with Crippen LogP contribution in [0, 0.1) is 13.8 Å². The number of hydrogen-bond acceptors (Lipinski definition) is 2. The van der Waals surface area contributed by atoms with Gasteiger partial charge in [0.05, 0.1) is 5.69 Å². The Bertz CT molecular complexity index is 813. The molecule has 21 heavy (non-hydrogen) atoms. The highest BCUT2D eigenvalue weighted by Crippen LogP contribution is 2.19. The summed E-state index contributed by atoms with van der Waals surface area (Å²) < 4.78 is 3.70. The number of nitrogens with one attached hydrogen (secondary N) is 1. The second-order valence-electron chi connectivity index (χ2n) is 5.27. The largest absolute Gasteiger partial charge is 0.335 e. The number of aromatic nitrogens is 3. The molecular formula is C16H18N4O. The first-order valence-electron chi connectivity index (χ1n) is 6.90. The molecule has 0 aliphatic carbocycles. The lowest BCUT2D eigenvalue weighted by Gasteiger charge is -2.09. The first kappa shape index (κ1) is 13.4. The predicted octanol–water partition coefficient (Wildman–Crippen LogP) is 2.63. The van der Waals surface area contributed by atoms with Crippen LogP contribution in [-0.4, -0.2) is 20.3 Å². The lowest BCUT2D eigenvalue weighted by atomic mass is 10.2. The van der Waals surface area contributed by atoms with Crippen molar-refractivity contribution in [2.75, 3.05) is 5.32 Å². The summed E-state index contributed by atoms with van der Waals surface area (Å²) in [6.07, 6.45) is 0. The number of aryl methyl sites for hydroxylation is 3. The van der Waals surface area contributed by atoms with E-state index in [1.807, 2.05) is 49.7 Å². The van der Waals surface area contributed by atoms with Crippen molar-refractivity contribution < 1.29 is 4.79 Å². The van der Waals surface area contributed by atoms with Gasteiger partial charge in [-0.15, -0.1) is 0 Å². The number of para-hydroxylation sites is 1. The Kier molecular flexibility index (Phi) is 3.25. The molecule has 2 aromatic heterocycles. The molecule has 1 amide bonds. The van der Waals surface area contributed by atoms with Gasteiger partial charge in [-0.25, -0.2) is 0 Å². The van der Waals surface area contributed by atoms with Gasteiger partial charge in [-0.05, 0) is 31.4 Å². The third-order valence-electron chi connectivity index (χ3n) is 3.59. The summed E-state index contributed by atoms with van der Waals surface area (Å²) in [5.74, 6) is 0.661. The van der Waals surface area contributed by atoms with Gasteiger partial charge in [-0.3, -0.25) is 9.48 Å². The summed E-state index contributed by atoms with van der Waals surface area (Å²) in [5, 5.41) is 8.28. The second-order valence-corrected chi connectivity index (χ2v) is 5.27. The molecule has 1 aromatic carbocycles. The molecular weight excluding hydrogens is 264 g/mol. The summed E-state index contributed by atoms with van der Waals surface area (Å²) >= 11 is 0. The van der Waals surface area contributed by atoms with Crippen LogP contribution in [0.2, 0.25) is 0 Å². The fraction of sp³-hybridized carbons (Fsp3) is 0.250. The van der Waals surface area contributed by atoms with Crippen LogP contribution < -0.4 is 5.32 Å². The molecule has 0 fully saturated rings. The Balaban J connectivity index is 1.83. The molecule has 0 aliphatic heterocycles. The number of benzene rings is 1. The lowest BCUT2D eigenvalue weighted by molar-refractivity contribution is -0.116. The maximum absolute atomic E-state index is 12.3. The van der Waals surface area contributed by atoms with E-state index in [-0.39, 0.29) is 5.91 Å². The average molecular weight is 282 g/mol. The topological polar surface area (TPSA) is 51.9 Å². The van der Waals surface area contributed by atoms with Gasteiger partial charge in [0.2, 0.25) is 5.91 Å². The highest BCUT2D eigenvalue weighted by molar-refractivity contribution is 5.91.